The van der Waals surface area contributed by atoms with E-state index in [1.54, 1.807) is 0 Å². The number of nitro benzene ring substituents is 1. The van der Waals surface area contributed by atoms with E-state index in [0.29, 0.717) is 12.2 Å². The van der Waals surface area contributed by atoms with E-state index in [9.17, 15) is 32.9 Å². The minimum Gasteiger partial charge on any atom is -0.492 e. The van der Waals surface area contributed by atoms with E-state index in [-0.39, 0.29) is 30.2 Å². The standard InChI is InChI=1S/C21H22F3N3O5S/c1-33-12-9-18(26-19(28)14-3-2-4-16(13-14)27(30)31)20(29)25-10-11-32-17-7-5-15(6-8-17)21(22,23)24/h2-8,13,18H,9-12H2,1H3,(H,25,29)(H,26,28). The van der Waals surface area contributed by atoms with Gasteiger partial charge in [0.25, 0.3) is 11.6 Å². The summed E-state index contributed by atoms with van der Waals surface area (Å²) in [6.45, 7) is 0.0630. The van der Waals surface area contributed by atoms with Crippen LogP contribution in [0.5, 0.6) is 5.75 Å². The monoisotopic (exact) mass is 485 g/mol. The van der Waals surface area contributed by atoms with Gasteiger partial charge in [0.1, 0.15) is 18.4 Å². The van der Waals surface area contributed by atoms with Crippen molar-refractivity contribution in [3.8, 4) is 5.75 Å². The number of thioether (sulfide) groups is 1. The molecule has 0 aliphatic carbocycles. The lowest BCUT2D eigenvalue weighted by Gasteiger charge is -2.18. The maximum atomic E-state index is 12.6. The molecule has 1 unspecified atom stereocenters. The third-order valence-corrected chi connectivity index (χ3v) is 5.05. The molecule has 2 rings (SSSR count). The molecule has 8 nitrogen and oxygen atoms in total. The summed E-state index contributed by atoms with van der Waals surface area (Å²) in [7, 11) is 0. The van der Waals surface area contributed by atoms with E-state index >= 15 is 0 Å². The third kappa shape index (κ3) is 8.29. The van der Waals surface area contributed by atoms with Crippen molar-refractivity contribution in [1.29, 1.82) is 0 Å². The molecule has 0 bridgehead atoms. The number of nitrogens with zero attached hydrogens (tertiary/aromatic N) is 1. The molecule has 12 heteroatoms. The van der Waals surface area contributed by atoms with Crippen molar-refractivity contribution in [2.45, 2.75) is 18.6 Å². The second kappa shape index (κ2) is 12.1. The molecule has 0 aromatic heterocycles. The number of halogens is 3. The maximum Gasteiger partial charge on any atom is 0.416 e. The molecule has 0 saturated carbocycles. The zero-order valence-electron chi connectivity index (χ0n) is 17.6. The fraction of sp³-hybridized carbons (Fsp3) is 0.333. The molecule has 0 spiro atoms. The molecule has 0 aliphatic heterocycles. The number of nitro groups is 1. The van der Waals surface area contributed by atoms with Crippen LogP contribution in [0.2, 0.25) is 0 Å². The number of hydrogen-bond donors (Lipinski definition) is 2. The van der Waals surface area contributed by atoms with Gasteiger partial charge in [-0.2, -0.15) is 24.9 Å². The number of ether oxygens (including phenoxy) is 1. The SMILES string of the molecule is CSCCC(NC(=O)c1cccc([N+](=O)[O-])c1)C(=O)NCCOc1ccc(C(F)(F)F)cc1. The lowest BCUT2D eigenvalue weighted by molar-refractivity contribution is -0.384. The molecule has 2 N–H and O–H groups in total. The Kier molecular flexibility index (Phi) is 9.52. The van der Waals surface area contributed by atoms with Crippen LogP contribution < -0.4 is 15.4 Å². The first-order valence-corrected chi connectivity index (χ1v) is 11.1. The Bertz CT molecular complexity index is 970. The molecular formula is C21H22F3N3O5S. The molecule has 2 aromatic rings. The molecule has 0 heterocycles. The molecule has 2 aromatic carbocycles. The second-order valence-corrected chi connectivity index (χ2v) is 7.76. The number of carbonyl (C=O) groups excluding carboxylic acids is 2. The summed E-state index contributed by atoms with van der Waals surface area (Å²) >= 11 is 1.48. The molecule has 1 atom stereocenters. The van der Waals surface area contributed by atoms with Crippen molar-refractivity contribution in [1.82, 2.24) is 10.6 Å². The van der Waals surface area contributed by atoms with Crippen LogP contribution in [-0.2, 0) is 11.0 Å². The fourth-order valence-electron chi connectivity index (χ4n) is 2.71. The Hall–Kier alpha value is -3.28. The van der Waals surface area contributed by atoms with Gasteiger partial charge in [-0.3, -0.25) is 19.7 Å². The first kappa shape index (κ1) is 26.0. The smallest absolute Gasteiger partial charge is 0.416 e. The summed E-state index contributed by atoms with van der Waals surface area (Å²) < 4.78 is 43.1. The number of alkyl halides is 3. The molecule has 2 amide bonds. The van der Waals surface area contributed by atoms with Gasteiger partial charge in [-0.1, -0.05) is 6.07 Å². The molecule has 0 aliphatic rings. The third-order valence-electron chi connectivity index (χ3n) is 4.40. The normalized spacial score (nSPS) is 12.0. The quantitative estimate of drug-likeness (QED) is 0.286. The molecule has 178 valence electrons. The van der Waals surface area contributed by atoms with Crippen molar-refractivity contribution >= 4 is 29.3 Å². The van der Waals surface area contributed by atoms with Gasteiger partial charge in [-0.15, -0.1) is 0 Å². The van der Waals surface area contributed by atoms with Crippen molar-refractivity contribution in [3.63, 3.8) is 0 Å². The summed E-state index contributed by atoms with van der Waals surface area (Å²) in [5.41, 5.74) is -0.982. The summed E-state index contributed by atoms with van der Waals surface area (Å²) in [6, 6.07) is 8.45. The average molecular weight is 485 g/mol. The number of hydrogen-bond acceptors (Lipinski definition) is 6. The van der Waals surface area contributed by atoms with E-state index in [0.717, 1.165) is 18.2 Å². The number of amides is 2. The molecular weight excluding hydrogens is 463 g/mol. The van der Waals surface area contributed by atoms with Crippen LogP contribution in [0.3, 0.4) is 0 Å². The summed E-state index contributed by atoms with van der Waals surface area (Å²) in [5.74, 6) is -0.301. The average Bonchev–Trinajstić information content (AvgIpc) is 2.79. The molecule has 0 saturated heterocycles. The van der Waals surface area contributed by atoms with E-state index < -0.39 is 34.5 Å². The van der Waals surface area contributed by atoms with Gasteiger partial charge in [-0.25, -0.2) is 0 Å². The highest BCUT2D eigenvalue weighted by Gasteiger charge is 2.30. The number of nitrogens with one attached hydrogen (secondary N) is 2. The van der Waals surface area contributed by atoms with Crippen LogP contribution in [0, 0.1) is 10.1 Å². The number of rotatable bonds is 11. The van der Waals surface area contributed by atoms with Gasteiger partial charge in [-0.05, 0) is 48.8 Å². The number of benzene rings is 2. The first-order valence-electron chi connectivity index (χ1n) is 9.74. The number of carbonyl (C=O) groups is 2. The lowest BCUT2D eigenvalue weighted by Crippen LogP contribution is -2.47. The van der Waals surface area contributed by atoms with Crippen LogP contribution >= 0.6 is 11.8 Å². The van der Waals surface area contributed by atoms with Crippen molar-refractivity contribution in [2.24, 2.45) is 0 Å². The van der Waals surface area contributed by atoms with Gasteiger partial charge in [0, 0.05) is 17.7 Å². The minimum atomic E-state index is -4.44. The minimum absolute atomic E-state index is 0.00514. The Morgan fingerprint density at radius 3 is 2.48 bits per heavy atom. The highest BCUT2D eigenvalue weighted by atomic mass is 32.2. The second-order valence-electron chi connectivity index (χ2n) is 6.78. The van der Waals surface area contributed by atoms with Crippen LogP contribution in [0.15, 0.2) is 48.5 Å². The fourth-order valence-corrected chi connectivity index (χ4v) is 3.18. The van der Waals surface area contributed by atoms with E-state index in [1.165, 1.54) is 42.1 Å². The van der Waals surface area contributed by atoms with E-state index in [2.05, 4.69) is 10.6 Å². The van der Waals surface area contributed by atoms with Crippen LogP contribution in [-0.4, -0.2) is 47.9 Å². The molecule has 0 radical (unpaired) electrons. The predicted octanol–water partition coefficient (Wildman–Crippen LogP) is 3.66. The van der Waals surface area contributed by atoms with Crippen LogP contribution in [0.4, 0.5) is 18.9 Å². The summed E-state index contributed by atoms with van der Waals surface area (Å²) in [5, 5.41) is 16.1. The van der Waals surface area contributed by atoms with Crippen LogP contribution in [0.1, 0.15) is 22.3 Å². The van der Waals surface area contributed by atoms with Crippen molar-refractivity contribution < 1.29 is 32.4 Å². The van der Waals surface area contributed by atoms with Gasteiger partial charge >= 0.3 is 6.18 Å². The zero-order valence-corrected chi connectivity index (χ0v) is 18.4. The molecule has 0 fully saturated rings. The van der Waals surface area contributed by atoms with Gasteiger partial charge in [0.15, 0.2) is 0 Å². The Labute approximate surface area is 192 Å². The van der Waals surface area contributed by atoms with Crippen LogP contribution in [0.25, 0.3) is 0 Å². The highest BCUT2D eigenvalue weighted by molar-refractivity contribution is 7.98. The molecule has 33 heavy (non-hydrogen) atoms. The topological polar surface area (TPSA) is 111 Å². The van der Waals surface area contributed by atoms with Gasteiger partial charge in [0.05, 0.1) is 17.0 Å². The predicted molar refractivity (Wildman–Crippen MR) is 117 cm³/mol. The lowest BCUT2D eigenvalue weighted by atomic mass is 10.1. The first-order chi connectivity index (χ1) is 15.6. The Morgan fingerprint density at radius 2 is 1.88 bits per heavy atom. The number of non-ortho nitro benzene ring substituents is 1. The summed E-state index contributed by atoms with van der Waals surface area (Å²) in [4.78, 5) is 35.3. The summed E-state index contributed by atoms with van der Waals surface area (Å²) in [6.07, 6.45) is -2.27. The van der Waals surface area contributed by atoms with E-state index in [4.69, 9.17) is 4.74 Å². The largest absolute Gasteiger partial charge is 0.492 e. The highest BCUT2D eigenvalue weighted by Crippen LogP contribution is 2.30. The van der Waals surface area contributed by atoms with Gasteiger partial charge < -0.3 is 15.4 Å². The Balaban J connectivity index is 1.89. The Morgan fingerprint density at radius 1 is 1.18 bits per heavy atom. The van der Waals surface area contributed by atoms with Crippen molar-refractivity contribution in [3.05, 3.63) is 69.8 Å². The van der Waals surface area contributed by atoms with E-state index in [1.807, 2.05) is 6.26 Å². The van der Waals surface area contributed by atoms with Gasteiger partial charge in [0.2, 0.25) is 5.91 Å². The van der Waals surface area contributed by atoms with Crippen molar-refractivity contribution in [2.75, 3.05) is 25.2 Å². The maximum absolute atomic E-state index is 12.6. The zero-order chi connectivity index (χ0) is 24.4.